The zero-order chi connectivity index (χ0) is 13.9. The SMILES string of the molecule is Fc1ccc(-c2ccc(N3CCNCC3)cc2)c(F)c1. The average molecular weight is 274 g/mol. The first-order valence-corrected chi connectivity index (χ1v) is 6.75. The fourth-order valence-corrected chi connectivity index (χ4v) is 2.50. The molecule has 1 aliphatic heterocycles. The first kappa shape index (κ1) is 13.1. The van der Waals surface area contributed by atoms with Crippen LogP contribution in [0.2, 0.25) is 0 Å². The molecule has 1 aliphatic rings. The molecule has 0 aromatic heterocycles. The molecule has 2 aromatic rings. The van der Waals surface area contributed by atoms with Crippen molar-refractivity contribution in [2.75, 3.05) is 31.1 Å². The summed E-state index contributed by atoms with van der Waals surface area (Å²) in [5, 5.41) is 3.31. The van der Waals surface area contributed by atoms with Gasteiger partial charge in [-0.2, -0.15) is 0 Å². The Balaban J connectivity index is 1.85. The highest BCUT2D eigenvalue weighted by Crippen LogP contribution is 2.26. The van der Waals surface area contributed by atoms with Crippen molar-refractivity contribution in [1.82, 2.24) is 5.32 Å². The number of anilines is 1. The molecule has 2 aromatic carbocycles. The van der Waals surface area contributed by atoms with E-state index in [1.54, 1.807) is 0 Å². The number of piperazine rings is 1. The van der Waals surface area contributed by atoms with Crippen LogP contribution in [0.3, 0.4) is 0 Å². The third-order valence-electron chi connectivity index (χ3n) is 3.59. The van der Waals surface area contributed by atoms with Gasteiger partial charge >= 0.3 is 0 Å². The monoisotopic (exact) mass is 274 g/mol. The van der Waals surface area contributed by atoms with Gasteiger partial charge in [0.25, 0.3) is 0 Å². The predicted molar refractivity (Wildman–Crippen MR) is 76.9 cm³/mol. The lowest BCUT2D eigenvalue weighted by Gasteiger charge is -2.29. The third kappa shape index (κ3) is 2.65. The van der Waals surface area contributed by atoms with Crippen molar-refractivity contribution in [3.8, 4) is 11.1 Å². The van der Waals surface area contributed by atoms with Crippen LogP contribution in [0, 0.1) is 11.6 Å². The molecule has 4 heteroatoms. The lowest BCUT2D eigenvalue weighted by molar-refractivity contribution is 0.585. The van der Waals surface area contributed by atoms with Gasteiger partial charge in [-0.25, -0.2) is 8.78 Å². The minimum absolute atomic E-state index is 0.429. The van der Waals surface area contributed by atoms with Crippen LogP contribution >= 0.6 is 0 Å². The average Bonchev–Trinajstić information content (AvgIpc) is 2.48. The molecule has 0 saturated carbocycles. The predicted octanol–water partition coefficient (Wildman–Crippen LogP) is 3.04. The van der Waals surface area contributed by atoms with Gasteiger partial charge in [-0.3, -0.25) is 0 Å². The highest BCUT2D eigenvalue weighted by Gasteiger charge is 2.11. The normalized spacial score (nSPS) is 15.4. The summed E-state index contributed by atoms with van der Waals surface area (Å²) in [6.45, 7) is 3.91. The Morgan fingerprint density at radius 1 is 0.900 bits per heavy atom. The Hall–Kier alpha value is -1.94. The maximum absolute atomic E-state index is 13.7. The van der Waals surface area contributed by atoms with Gasteiger partial charge in [0, 0.05) is 43.5 Å². The molecule has 3 rings (SSSR count). The molecule has 0 radical (unpaired) electrons. The fourth-order valence-electron chi connectivity index (χ4n) is 2.50. The zero-order valence-electron chi connectivity index (χ0n) is 11.1. The second kappa shape index (κ2) is 5.59. The van der Waals surface area contributed by atoms with Crippen molar-refractivity contribution in [1.29, 1.82) is 0 Å². The summed E-state index contributed by atoms with van der Waals surface area (Å²) in [6.07, 6.45) is 0. The molecule has 2 nitrogen and oxygen atoms in total. The van der Waals surface area contributed by atoms with Crippen LogP contribution in [0.4, 0.5) is 14.5 Å². The van der Waals surface area contributed by atoms with E-state index in [0.717, 1.165) is 43.5 Å². The molecule has 0 atom stereocenters. The largest absolute Gasteiger partial charge is 0.369 e. The molecule has 20 heavy (non-hydrogen) atoms. The standard InChI is InChI=1S/C16H16F2N2/c17-13-3-6-15(16(18)11-13)12-1-4-14(5-2-12)20-9-7-19-8-10-20/h1-6,11,19H,7-10H2. The second-order valence-corrected chi connectivity index (χ2v) is 4.91. The van der Waals surface area contributed by atoms with Gasteiger partial charge in [0.05, 0.1) is 0 Å². The number of halogens is 2. The molecule has 1 N–H and O–H groups in total. The van der Waals surface area contributed by atoms with E-state index in [1.165, 1.54) is 12.1 Å². The Morgan fingerprint density at radius 2 is 1.60 bits per heavy atom. The molecule has 0 bridgehead atoms. The van der Waals surface area contributed by atoms with E-state index in [-0.39, 0.29) is 0 Å². The quantitative estimate of drug-likeness (QED) is 0.905. The van der Waals surface area contributed by atoms with Crippen molar-refractivity contribution in [2.45, 2.75) is 0 Å². The van der Waals surface area contributed by atoms with Crippen LogP contribution < -0.4 is 10.2 Å². The number of hydrogen-bond donors (Lipinski definition) is 1. The van der Waals surface area contributed by atoms with Crippen LogP contribution in [0.25, 0.3) is 11.1 Å². The molecule has 1 fully saturated rings. The Morgan fingerprint density at radius 3 is 2.25 bits per heavy atom. The Labute approximate surface area is 117 Å². The van der Waals surface area contributed by atoms with Gasteiger partial charge < -0.3 is 10.2 Å². The summed E-state index contributed by atoms with van der Waals surface area (Å²) < 4.78 is 26.7. The number of nitrogens with zero attached hydrogens (tertiary/aromatic N) is 1. The summed E-state index contributed by atoms with van der Waals surface area (Å²) >= 11 is 0. The highest BCUT2D eigenvalue weighted by molar-refractivity contribution is 5.67. The maximum atomic E-state index is 13.7. The van der Waals surface area contributed by atoms with Crippen LogP contribution in [0.1, 0.15) is 0 Å². The number of nitrogens with one attached hydrogen (secondary N) is 1. The molecule has 1 heterocycles. The molecular weight excluding hydrogens is 258 g/mol. The summed E-state index contributed by atoms with van der Waals surface area (Å²) in [5.41, 5.74) is 2.33. The van der Waals surface area contributed by atoms with E-state index in [0.29, 0.717) is 5.56 Å². The topological polar surface area (TPSA) is 15.3 Å². The fraction of sp³-hybridized carbons (Fsp3) is 0.250. The molecule has 0 amide bonds. The summed E-state index contributed by atoms with van der Waals surface area (Å²) in [6, 6.07) is 11.4. The van der Waals surface area contributed by atoms with Gasteiger partial charge in [-0.05, 0) is 29.8 Å². The minimum atomic E-state index is -0.552. The first-order chi connectivity index (χ1) is 9.74. The third-order valence-corrected chi connectivity index (χ3v) is 3.59. The van der Waals surface area contributed by atoms with Crippen molar-refractivity contribution in [3.63, 3.8) is 0 Å². The maximum Gasteiger partial charge on any atom is 0.133 e. The Bertz CT molecular complexity index is 590. The number of hydrogen-bond acceptors (Lipinski definition) is 2. The van der Waals surface area contributed by atoms with E-state index >= 15 is 0 Å². The van der Waals surface area contributed by atoms with Gasteiger partial charge in [0.2, 0.25) is 0 Å². The molecular formula is C16H16F2N2. The van der Waals surface area contributed by atoms with Gasteiger partial charge in [-0.1, -0.05) is 12.1 Å². The molecule has 1 saturated heterocycles. The summed E-state index contributed by atoms with van der Waals surface area (Å²) in [5.74, 6) is -1.08. The van der Waals surface area contributed by atoms with Gasteiger partial charge in [0.1, 0.15) is 11.6 Å². The van der Waals surface area contributed by atoms with Gasteiger partial charge in [-0.15, -0.1) is 0 Å². The van der Waals surface area contributed by atoms with Crippen LogP contribution in [-0.2, 0) is 0 Å². The van der Waals surface area contributed by atoms with Crippen LogP contribution in [0.15, 0.2) is 42.5 Å². The van der Waals surface area contributed by atoms with Crippen molar-refractivity contribution < 1.29 is 8.78 Å². The van der Waals surface area contributed by atoms with E-state index in [2.05, 4.69) is 10.2 Å². The van der Waals surface area contributed by atoms with Crippen molar-refractivity contribution >= 4 is 5.69 Å². The lowest BCUT2D eigenvalue weighted by Crippen LogP contribution is -2.43. The summed E-state index contributed by atoms with van der Waals surface area (Å²) in [7, 11) is 0. The van der Waals surface area contributed by atoms with E-state index in [1.807, 2.05) is 24.3 Å². The van der Waals surface area contributed by atoms with Crippen molar-refractivity contribution in [2.24, 2.45) is 0 Å². The Kier molecular flexibility index (Phi) is 3.65. The number of rotatable bonds is 2. The first-order valence-electron chi connectivity index (χ1n) is 6.75. The lowest BCUT2D eigenvalue weighted by atomic mass is 10.0. The molecule has 104 valence electrons. The smallest absolute Gasteiger partial charge is 0.133 e. The molecule has 0 unspecified atom stereocenters. The zero-order valence-corrected chi connectivity index (χ0v) is 11.1. The van der Waals surface area contributed by atoms with E-state index in [4.69, 9.17) is 0 Å². The van der Waals surface area contributed by atoms with E-state index in [9.17, 15) is 8.78 Å². The van der Waals surface area contributed by atoms with Crippen LogP contribution in [-0.4, -0.2) is 26.2 Å². The molecule has 0 spiro atoms. The summed E-state index contributed by atoms with van der Waals surface area (Å²) in [4.78, 5) is 2.29. The highest BCUT2D eigenvalue weighted by atomic mass is 19.1. The van der Waals surface area contributed by atoms with Crippen molar-refractivity contribution in [3.05, 3.63) is 54.1 Å². The molecule has 0 aliphatic carbocycles. The van der Waals surface area contributed by atoms with Gasteiger partial charge in [0.15, 0.2) is 0 Å². The number of benzene rings is 2. The van der Waals surface area contributed by atoms with Crippen LogP contribution in [0.5, 0.6) is 0 Å². The second-order valence-electron chi connectivity index (χ2n) is 4.91. The minimum Gasteiger partial charge on any atom is -0.369 e. The van der Waals surface area contributed by atoms with E-state index < -0.39 is 11.6 Å².